The highest BCUT2D eigenvalue weighted by Gasteiger charge is 2.06. The zero-order valence-corrected chi connectivity index (χ0v) is 11.4. The van der Waals surface area contributed by atoms with Gasteiger partial charge in [-0.2, -0.15) is 0 Å². The highest BCUT2D eigenvalue weighted by atomic mass is 35.5. The van der Waals surface area contributed by atoms with Gasteiger partial charge in [0.25, 0.3) is 0 Å². The van der Waals surface area contributed by atoms with Crippen molar-refractivity contribution in [3.63, 3.8) is 0 Å². The van der Waals surface area contributed by atoms with Gasteiger partial charge in [-0.25, -0.2) is 9.97 Å². The van der Waals surface area contributed by atoms with Gasteiger partial charge in [0, 0.05) is 24.5 Å². The van der Waals surface area contributed by atoms with Gasteiger partial charge < -0.3 is 4.90 Å². The van der Waals surface area contributed by atoms with E-state index in [1.165, 1.54) is 4.88 Å². The number of likely N-dealkylation sites (N-methyl/N-ethyl adjacent to an activating group) is 1. The van der Waals surface area contributed by atoms with Crippen LogP contribution in [0.15, 0.2) is 23.6 Å². The molecule has 0 spiro atoms. The van der Waals surface area contributed by atoms with E-state index in [0.717, 1.165) is 18.8 Å². The third kappa shape index (κ3) is 3.41. The Kier molecular flexibility index (Phi) is 3.97. The molecule has 17 heavy (non-hydrogen) atoms. The molecule has 90 valence electrons. The first-order chi connectivity index (χ1) is 8.15. The Morgan fingerprint density at radius 3 is 2.88 bits per heavy atom. The molecule has 0 saturated heterocycles. The summed E-state index contributed by atoms with van der Waals surface area (Å²) in [6, 6.07) is 6.02. The van der Waals surface area contributed by atoms with Crippen LogP contribution in [0.1, 0.15) is 10.7 Å². The third-order valence-corrected chi connectivity index (χ3v) is 3.59. The fourth-order valence-electron chi connectivity index (χ4n) is 1.56. The molecule has 2 heterocycles. The van der Waals surface area contributed by atoms with Crippen LogP contribution in [0.5, 0.6) is 0 Å². The summed E-state index contributed by atoms with van der Waals surface area (Å²) in [5.74, 6) is 1.58. The molecule has 3 nitrogen and oxygen atoms in total. The van der Waals surface area contributed by atoms with Crippen molar-refractivity contribution in [1.29, 1.82) is 0 Å². The van der Waals surface area contributed by atoms with E-state index < -0.39 is 0 Å². The number of nitrogens with zero attached hydrogens (tertiary/aromatic N) is 3. The van der Waals surface area contributed by atoms with Crippen molar-refractivity contribution in [2.45, 2.75) is 13.3 Å². The van der Waals surface area contributed by atoms with E-state index >= 15 is 0 Å². The average Bonchev–Trinajstić information content (AvgIpc) is 2.77. The van der Waals surface area contributed by atoms with Gasteiger partial charge in [-0.05, 0) is 24.8 Å². The minimum atomic E-state index is 0.496. The molecule has 2 aromatic heterocycles. The molecule has 0 unspecified atom stereocenters. The lowest BCUT2D eigenvalue weighted by atomic mass is 10.3. The zero-order chi connectivity index (χ0) is 12.3. The minimum absolute atomic E-state index is 0.496. The lowest BCUT2D eigenvalue weighted by Gasteiger charge is -2.18. The van der Waals surface area contributed by atoms with E-state index in [4.69, 9.17) is 11.6 Å². The number of halogens is 1. The molecule has 5 heteroatoms. The number of hydrogen-bond acceptors (Lipinski definition) is 4. The SMILES string of the molecule is Cc1nc(Cl)cc(N(C)CCc2cccs2)n1. The fraction of sp³-hybridized carbons (Fsp3) is 0.333. The topological polar surface area (TPSA) is 29.0 Å². The quantitative estimate of drug-likeness (QED) is 0.797. The van der Waals surface area contributed by atoms with Crippen LogP contribution in [0.3, 0.4) is 0 Å². The van der Waals surface area contributed by atoms with Crippen molar-refractivity contribution in [2.75, 3.05) is 18.5 Å². The molecule has 0 N–H and O–H groups in total. The van der Waals surface area contributed by atoms with Crippen LogP contribution in [0.25, 0.3) is 0 Å². The van der Waals surface area contributed by atoms with Crippen molar-refractivity contribution in [3.05, 3.63) is 39.4 Å². The Morgan fingerprint density at radius 1 is 1.41 bits per heavy atom. The molecule has 0 aliphatic heterocycles. The van der Waals surface area contributed by atoms with Gasteiger partial charge in [0.1, 0.15) is 16.8 Å². The van der Waals surface area contributed by atoms with Crippen LogP contribution in [0.2, 0.25) is 5.15 Å². The minimum Gasteiger partial charge on any atom is -0.359 e. The first-order valence-corrected chi connectivity index (χ1v) is 6.65. The smallest absolute Gasteiger partial charge is 0.134 e. The van der Waals surface area contributed by atoms with Crippen molar-refractivity contribution in [2.24, 2.45) is 0 Å². The van der Waals surface area contributed by atoms with Crippen molar-refractivity contribution in [3.8, 4) is 0 Å². The second kappa shape index (κ2) is 5.47. The normalized spacial score (nSPS) is 10.5. The van der Waals surface area contributed by atoms with E-state index in [9.17, 15) is 0 Å². The summed E-state index contributed by atoms with van der Waals surface area (Å²) < 4.78 is 0. The Labute approximate surface area is 110 Å². The number of thiophene rings is 1. The maximum Gasteiger partial charge on any atom is 0.134 e. The van der Waals surface area contributed by atoms with Gasteiger partial charge in [0.15, 0.2) is 0 Å². The van der Waals surface area contributed by atoms with Crippen LogP contribution < -0.4 is 4.90 Å². The standard InChI is InChI=1S/C12H14ClN3S/c1-9-14-11(13)8-12(15-9)16(2)6-5-10-4-3-7-17-10/h3-4,7-8H,5-6H2,1-2H3. The Bertz CT molecular complexity index is 464. The van der Waals surface area contributed by atoms with E-state index in [1.54, 1.807) is 17.4 Å². The molecule has 0 aromatic carbocycles. The number of aromatic nitrogens is 2. The number of hydrogen-bond donors (Lipinski definition) is 0. The summed E-state index contributed by atoms with van der Waals surface area (Å²) in [6.07, 6.45) is 1.02. The molecule has 0 saturated carbocycles. The second-order valence-corrected chi connectivity index (χ2v) is 5.27. The summed E-state index contributed by atoms with van der Waals surface area (Å²) in [6.45, 7) is 2.77. The maximum absolute atomic E-state index is 5.92. The van der Waals surface area contributed by atoms with Crippen molar-refractivity contribution in [1.82, 2.24) is 9.97 Å². The fourth-order valence-corrected chi connectivity index (χ4v) is 2.48. The van der Waals surface area contributed by atoms with Crippen molar-refractivity contribution < 1.29 is 0 Å². The molecule has 0 fully saturated rings. The number of anilines is 1. The first-order valence-electron chi connectivity index (χ1n) is 5.40. The summed E-state index contributed by atoms with van der Waals surface area (Å²) in [4.78, 5) is 11.9. The van der Waals surface area contributed by atoms with Gasteiger partial charge in [-0.15, -0.1) is 11.3 Å². The second-order valence-electron chi connectivity index (χ2n) is 3.85. The monoisotopic (exact) mass is 267 g/mol. The van der Waals surface area contributed by atoms with Gasteiger partial charge in [-0.3, -0.25) is 0 Å². The third-order valence-electron chi connectivity index (χ3n) is 2.46. The van der Waals surface area contributed by atoms with E-state index in [2.05, 4.69) is 32.4 Å². The molecule has 0 aliphatic rings. The molecule has 2 rings (SSSR count). The molecule has 2 aromatic rings. The Balaban J connectivity index is 2.01. The van der Waals surface area contributed by atoms with Gasteiger partial charge in [0.2, 0.25) is 0 Å². The van der Waals surface area contributed by atoms with E-state index in [1.807, 2.05) is 14.0 Å². The van der Waals surface area contributed by atoms with Crippen LogP contribution in [0.4, 0.5) is 5.82 Å². The molecular formula is C12H14ClN3S. The highest BCUT2D eigenvalue weighted by molar-refractivity contribution is 7.09. The van der Waals surface area contributed by atoms with Gasteiger partial charge in [-0.1, -0.05) is 17.7 Å². The molecule has 0 bridgehead atoms. The number of rotatable bonds is 4. The molecule has 0 amide bonds. The first kappa shape index (κ1) is 12.3. The molecule has 0 atom stereocenters. The highest BCUT2D eigenvalue weighted by Crippen LogP contribution is 2.16. The van der Waals surface area contributed by atoms with Crippen LogP contribution in [-0.4, -0.2) is 23.6 Å². The number of aryl methyl sites for hydroxylation is 1. The van der Waals surface area contributed by atoms with Gasteiger partial charge in [0.05, 0.1) is 0 Å². The predicted molar refractivity (Wildman–Crippen MR) is 73.1 cm³/mol. The summed E-state index contributed by atoms with van der Waals surface area (Å²) in [5, 5.41) is 2.59. The van der Waals surface area contributed by atoms with Crippen LogP contribution >= 0.6 is 22.9 Å². The summed E-state index contributed by atoms with van der Waals surface area (Å²) >= 11 is 7.70. The van der Waals surface area contributed by atoms with Crippen LogP contribution in [-0.2, 0) is 6.42 Å². The lowest BCUT2D eigenvalue weighted by Crippen LogP contribution is -2.21. The van der Waals surface area contributed by atoms with Crippen LogP contribution in [0, 0.1) is 6.92 Å². The Hall–Kier alpha value is -1.13. The van der Waals surface area contributed by atoms with E-state index in [-0.39, 0.29) is 0 Å². The average molecular weight is 268 g/mol. The predicted octanol–water partition coefficient (Wildman–Crippen LogP) is 3.18. The van der Waals surface area contributed by atoms with Crippen molar-refractivity contribution >= 4 is 28.8 Å². The maximum atomic E-state index is 5.92. The lowest BCUT2D eigenvalue weighted by molar-refractivity contribution is 0.856. The summed E-state index contributed by atoms with van der Waals surface area (Å²) in [7, 11) is 2.02. The zero-order valence-electron chi connectivity index (χ0n) is 9.85. The van der Waals surface area contributed by atoms with Gasteiger partial charge >= 0.3 is 0 Å². The Morgan fingerprint density at radius 2 is 2.24 bits per heavy atom. The molecule has 0 radical (unpaired) electrons. The summed E-state index contributed by atoms with van der Waals surface area (Å²) in [5.41, 5.74) is 0. The molecular weight excluding hydrogens is 254 g/mol. The molecule has 0 aliphatic carbocycles. The van der Waals surface area contributed by atoms with E-state index in [0.29, 0.717) is 11.0 Å². The largest absolute Gasteiger partial charge is 0.359 e.